The van der Waals surface area contributed by atoms with Crippen molar-refractivity contribution in [3.8, 4) is 0 Å². The van der Waals surface area contributed by atoms with E-state index in [2.05, 4.69) is 6.92 Å². The second-order valence-electron chi connectivity index (χ2n) is 4.02. The average molecular weight is 311 g/mol. The SMILES string of the molecule is CCCCCCCCCCCC(=O)[O-].O=N[O-].[Zn]. The summed E-state index contributed by atoms with van der Waals surface area (Å²) in [6, 6.07) is 0. The number of rotatable bonds is 10. The topological polar surface area (TPSA) is 92.6 Å². The third kappa shape index (κ3) is 29.6. The second kappa shape index (κ2) is 21.7. The molecule has 0 saturated heterocycles. The van der Waals surface area contributed by atoms with E-state index in [-0.39, 0.29) is 25.9 Å². The molecule has 0 atom stereocenters. The first-order valence-electron chi connectivity index (χ1n) is 6.33. The van der Waals surface area contributed by atoms with Crippen LogP contribution in [-0.4, -0.2) is 5.97 Å². The van der Waals surface area contributed by atoms with Crippen molar-refractivity contribution in [3.63, 3.8) is 0 Å². The standard InChI is InChI=1S/C12H24O2.HNO2.Zn/c1-2-3-4-5-6-7-8-9-10-11-12(13)14;2-1-3;/h2-11H2,1H3,(H,13,14);(H,2,3);/p-2. The summed E-state index contributed by atoms with van der Waals surface area (Å²) in [5, 5.41) is 19.1. The van der Waals surface area contributed by atoms with Crippen LogP contribution in [0.3, 0.4) is 0 Å². The van der Waals surface area contributed by atoms with Crippen molar-refractivity contribution in [2.24, 2.45) is 5.34 Å². The Kier molecular flexibility index (Phi) is 27.4. The van der Waals surface area contributed by atoms with Crippen molar-refractivity contribution >= 4 is 5.97 Å². The van der Waals surface area contributed by atoms with Gasteiger partial charge in [0, 0.05) is 25.4 Å². The Morgan fingerprint density at radius 1 is 0.944 bits per heavy atom. The van der Waals surface area contributed by atoms with Crippen LogP contribution in [0, 0.1) is 10.1 Å². The summed E-state index contributed by atoms with van der Waals surface area (Å²) in [4.78, 5) is 18.1. The zero-order valence-corrected chi connectivity index (χ0v) is 14.3. The summed E-state index contributed by atoms with van der Waals surface area (Å²) >= 11 is 0. The maximum Gasteiger partial charge on any atom is 0.0414 e. The second-order valence-corrected chi connectivity index (χ2v) is 4.02. The molecule has 0 fully saturated rings. The number of hydrogen-bond acceptors (Lipinski definition) is 5. The van der Waals surface area contributed by atoms with Crippen LogP contribution >= 0.6 is 0 Å². The van der Waals surface area contributed by atoms with Crippen molar-refractivity contribution in [1.82, 2.24) is 0 Å². The van der Waals surface area contributed by atoms with Crippen molar-refractivity contribution in [2.45, 2.75) is 71.1 Å². The van der Waals surface area contributed by atoms with Crippen LogP contribution in [0.5, 0.6) is 0 Å². The van der Waals surface area contributed by atoms with Crippen LogP contribution in [0.15, 0.2) is 5.34 Å². The zero-order valence-electron chi connectivity index (χ0n) is 11.4. The molecular formula is C12H23NO4Zn-2. The van der Waals surface area contributed by atoms with Crippen molar-refractivity contribution in [3.05, 3.63) is 10.1 Å². The van der Waals surface area contributed by atoms with Gasteiger partial charge in [0.15, 0.2) is 0 Å². The van der Waals surface area contributed by atoms with Crippen molar-refractivity contribution < 1.29 is 29.4 Å². The van der Waals surface area contributed by atoms with E-state index in [1.807, 2.05) is 0 Å². The molecule has 104 valence electrons. The van der Waals surface area contributed by atoms with Crippen LogP contribution in [-0.2, 0) is 24.3 Å². The Balaban J connectivity index is -0.000000507. The monoisotopic (exact) mass is 309 g/mol. The van der Waals surface area contributed by atoms with Crippen LogP contribution in [0.25, 0.3) is 0 Å². The summed E-state index contributed by atoms with van der Waals surface area (Å²) < 4.78 is 0. The molecule has 0 spiro atoms. The van der Waals surface area contributed by atoms with Gasteiger partial charge in [0.05, 0.1) is 0 Å². The number of nitrogens with zero attached hydrogens (tertiary/aromatic N) is 1. The van der Waals surface area contributed by atoms with Gasteiger partial charge in [-0.3, -0.25) is 0 Å². The molecule has 0 aliphatic carbocycles. The van der Waals surface area contributed by atoms with Crippen molar-refractivity contribution in [2.75, 3.05) is 0 Å². The number of carboxylic acid groups (broad SMARTS) is 1. The number of hydrogen-bond donors (Lipinski definition) is 0. The smallest absolute Gasteiger partial charge is 0.0414 e. The van der Waals surface area contributed by atoms with Gasteiger partial charge in [-0.25, -0.2) is 0 Å². The summed E-state index contributed by atoms with van der Waals surface area (Å²) in [6.45, 7) is 2.22. The van der Waals surface area contributed by atoms with Gasteiger partial charge in [0.2, 0.25) is 0 Å². The predicted octanol–water partition coefficient (Wildman–Crippen LogP) is 2.91. The molecule has 0 aromatic heterocycles. The fourth-order valence-corrected chi connectivity index (χ4v) is 1.58. The van der Waals surface area contributed by atoms with E-state index < -0.39 is 5.97 Å². The van der Waals surface area contributed by atoms with E-state index in [9.17, 15) is 9.90 Å². The molecule has 0 unspecified atom stereocenters. The Labute approximate surface area is 122 Å². The van der Waals surface area contributed by atoms with Gasteiger partial charge in [-0.15, -0.1) is 5.34 Å². The Hall–Kier alpha value is -0.507. The quantitative estimate of drug-likeness (QED) is 0.268. The minimum absolute atomic E-state index is 0. The molecule has 0 amide bonds. The van der Waals surface area contributed by atoms with Gasteiger partial charge in [-0.05, 0) is 12.8 Å². The molecule has 0 saturated carbocycles. The fourth-order valence-electron chi connectivity index (χ4n) is 1.58. The molecule has 0 aromatic carbocycles. The molecule has 0 aliphatic rings. The molecule has 0 bridgehead atoms. The molecular weight excluding hydrogens is 288 g/mol. The first-order valence-corrected chi connectivity index (χ1v) is 6.33. The first-order chi connectivity index (χ1) is 8.18. The Morgan fingerprint density at radius 2 is 1.28 bits per heavy atom. The normalized spacial score (nSPS) is 8.72. The predicted molar refractivity (Wildman–Crippen MR) is 66.0 cm³/mol. The average Bonchev–Trinajstić information content (AvgIpc) is 2.27. The maximum absolute atomic E-state index is 10.1. The number of carbonyl (C=O) groups excluding carboxylic acids is 1. The van der Waals surface area contributed by atoms with E-state index in [1.165, 1.54) is 44.9 Å². The molecule has 5 nitrogen and oxygen atoms in total. The minimum Gasteiger partial charge on any atom is -0.550 e. The van der Waals surface area contributed by atoms with Gasteiger partial charge in [0.1, 0.15) is 0 Å². The van der Waals surface area contributed by atoms with Gasteiger partial charge < -0.3 is 20.0 Å². The number of aliphatic carboxylic acids is 1. The summed E-state index contributed by atoms with van der Waals surface area (Å²) in [5.74, 6) is -0.909. The van der Waals surface area contributed by atoms with E-state index in [0.29, 0.717) is 0 Å². The molecule has 0 N–H and O–H groups in total. The van der Waals surface area contributed by atoms with Crippen LogP contribution in [0.1, 0.15) is 71.1 Å². The first kappa shape index (κ1) is 22.7. The Bertz CT molecular complexity index is 179. The van der Waals surface area contributed by atoms with E-state index >= 15 is 0 Å². The Morgan fingerprint density at radius 3 is 1.61 bits per heavy atom. The maximum atomic E-state index is 10.1. The zero-order chi connectivity index (χ0) is 13.4. The van der Waals surface area contributed by atoms with E-state index in [4.69, 9.17) is 10.1 Å². The number of unbranched alkanes of at least 4 members (excludes halogenated alkanes) is 8. The molecule has 0 aromatic rings. The third-order valence-corrected chi connectivity index (χ3v) is 2.48. The van der Waals surface area contributed by atoms with Crippen LogP contribution in [0.4, 0.5) is 0 Å². The number of carboxylic acids is 1. The third-order valence-electron chi connectivity index (χ3n) is 2.48. The summed E-state index contributed by atoms with van der Waals surface area (Å²) in [7, 11) is 0. The number of carbonyl (C=O) groups is 1. The molecule has 0 radical (unpaired) electrons. The largest absolute Gasteiger partial charge is 0.550 e. The van der Waals surface area contributed by atoms with Crippen molar-refractivity contribution in [1.29, 1.82) is 0 Å². The van der Waals surface area contributed by atoms with Crippen LogP contribution < -0.4 is 5.11 Å². The van der Waals surface area contributed by atoms with Gasteiger partial charge in [-0.1, -0.05) is 58.3 Å². The van der Waals surface area contributed by atoms with Gasteiger partial charge in [0.25, 0.3) is 0 Å². The summed E-state index contributed by atoms with van der Waals surface area (Å²) in [6.07, 6.45) is 11.2. The van der Waals surface area contributed by atoms with Crippen LogP contribution in [0.2, 0.25) is 0 Å². The minimum atomic E-state index is -0.909. The molecule has 0 aliphatic heterocycles. The molecule has 0 heterocycles. The molecule has 6 heteroatoms. The molecule has 0 rings (SSSR count). The summed E-state index contributed by atoms with van der Waals surface area (Å²) in [5.41, 5.74) is 0. The fraction of sp³-hybridized carbons (Fsp3) is 0.917. The molecule has 18 heavy (non-hydrogen) atoms. The van der Waals surface area contributed by atoms with E-state index in [0.717, 1.165) is 18.2 Å². The van der Waals surface area contributed by atoms with Gasteiger partial charge in [-0.2, -0.15) is 0 Å². The van der Waals surface area contributed by atoms with Gasteiger partial charge >= 0.3 is 0 Å². The van der Waals surface area contributed by atoms with E-state index in [1.54, 1.807) is 0 Å².